The van der Waals surface area contributed by atoms with Crippen molar-refractivity contribution in [2.45, 2.75) is 63.3 Å². The fourth-order valence-electron chi connectivity index (χ4n) is 4.58. The second-order valence-corrected chi connectivity index (χ2v) is 11.9. The third-order valence-electron chi connectivity index (χ3n) is 6.95. The van der Waals surface area contributed by atoms with Crippen molar-refractivity contribution < 1.29 is 42.6 Å². The average Bonchev–Trinajstić information content (AvgIpc) is 3.22. The van der Waals surface area contributed by atoms with Crippen LogP contribution in [0.25, 0.3) is 10.4 Å². The summed E-state index contributed by atoms with van der Waals surface area (Å²) in [4.78, 5) is 41.0. The zero-order chi connectivity index (χ0) is 31.2. The van der Waals surface area contributed by atoms with E-state index >= 15 is 0 Å². The van der Waals surface area contributed by atoms with Gasteiger partial charge >= 0.3 is 13.7 Å². The van der Waals surface area contributed by atoms with Gasteiger partial charge in [0.25, 0.3) is 0 Å². The van der Waals surface area contributed by atoms with E-state index in [0.717, 1.165) is 10.5 Å². The van der Waals surface area contributed by atoms with Crippen molar-refractivity contribution in [3.8, 4) is 5.75 Å². The summed E-state index contributed by atoms with van der Waals surface area (Å²) < 4.78 is 36.7. The number of carbonyl (C=O) groups is 3. The topological polar surface area (TPSA) is 189 Å². The summed E-state index contributed by atoms with van der Waals surface area (Å²) in [6.07, 6.45) is -2.77. The molecule has 0 saturated carbocycles. The minimum atomic E-state index is -4.36. The summed E-state index contributed by atoms with van der Waals surface area (Å²) in [6, 6.07) is 16.0. The Bertz CT molecular complexity index is 1450. The van der Waals surface area contributed by atoms with Crippen molar-refractivity contribution in [1.82, 2.24) is 9.99 Å². The Balaban J connectivity index is 1.51. The molecule has 15 heteroatoms. The van der Waals surface area contributed by atoms with E-state index in [1.165, 1.54) is 38.3 Å². The highest BCUT2D eigenvalue weighted by atomic mass is 31.2. The van der Waals surface area contributed by atoms with Crippen LogP contribution in [0.4, 0.5) is 0 Å². The van der Waals surface area contributed by atoms with Crippen LogP contribution in [-0.4, -0.2) is 64.3 Å². The number of ether oxygens (including phenoxy) is 2. The van der Waals surface area contributed by atoms with Gasteiger partial charge in [-0.25, -0.2) is 4.57 Å². The highest BCUT2D eigenvalue weighted by Crippen LogP contribution is 2.47. The maximum absolute atomic E-state index is 14.0. The van der Waals surface area contributed by atoms with Gasteiger partial charge in [0.15, 0.2) is 12.0 Å². The summed E-state index contributed by atoms with van der Waals surface area (Å²) in [5.41, 5.74) is 8.26. The molecular weight excluding hydrogens is 581 g/mol. The van der Waals surface area contributed by atoms with Crippen LogP contribution in [0.1, 0.15) is 38.9 Å². The Morgan fingerprint density at radius 3 is 2.49 bits per heavy atom. The van der Waals surface area contributed by atoms with Gasteiger partial charge in [-0.2, -0.15) is 5.09 Å². The third kappa shape index (κ3) is 7.49. The molecule has 0 aliphatic carbocycles. The Morgan fingerprint density at radius 2 is 1.86 bits per heavy atom. The number of ketones is 1. The van der Waals surface area contributed by atoms with Crippen LogP contribution in [0, 0.1) is 0 Å². The summed E-state index contributed by atoms with van der Waals surface area (Å²) in [5.74, 6) is -1.60. The monoisotopic (exact) mass is 613 g/mol. The second kappa shape index (κ2) is 13.5. The molecular formula is C28H32N5O9P. The van der Waals surface area contributed by atoms with Crippen molar-refractivity contribution in [3.63, 3.8) is 0 Å². The van der Waals surface area contributed by atoms with E-state index < -0.39 is 74.6 Å². The van der Waals surface area contributed by atoms with Gasteiger partial charge in [-0.15, -0.1) is 0 Å². The number of aliphatic hydroxyl groups excluding tert-OH is 1. The molecule has 2 aliphatic rings. The summed E-state index contributed by atoms with van der Waals surface area (Å²) in [6.45, 7) is 3.93. The number of aliphatic hydroxyl groups is 1. The second-order valence-electron chi connectivity index (χ2n) is 10.2. The van der Waals surface area contributed by atoms with E-state index in [1.807, 2.05) is 18.2 Å². The van der Waals surface area contributed by atoms with Gasteiger partial charge in [0, 0.05) is 11.1 Å². The van der Waals surface area contributed by atoms with Crippen LogP contribution in [-0.2, 0) is 32.9 Å². The SMILES string of the molecule is C[C@H](NP(=O)(OC[C@H]1O[C@@H](N2C=CC(=O)CC2=O)[C@](C)(N=[N+]=[N-])[C@@H]1O)Oc1ccccc1)C(=O)O[C@H](C)c1ccccc1. The number of rotatable bonds is 12. The molecule has 0 radical (unpaired) electrons. The number of azide groups is 1. The fraction of sp³-hybridized carbons (Fsp3) is 0.393. The van der Waals surface area contributed by atoms with Crippen LogP contribution in [0.2, 0.25) is 0 Å². The molecule has 2 aliphatic heterocycles. The number of nitrogens with one attached hydrogen (secondary N) is 1. The van der Waals surface area contributed by atoms with E-state index in [9.17, 15) is 29.6 Å². The molecule has 2 aromatic carbocycles. The first-order valence-corrected chi connectivity index (χ1v) is 14.9. The molecule has 2 N–H and O–H groups in total. The number of allylic oxidation sites excluding steroid dienone is 1. The maximum atomic E-state index is 14.0. The standard InChI is InChI=1S/C28H32N5O9P/c1-18(26(37)40-19(2)20-10-6-4-7-11-20)30-43(38,42-22-12-8-5-9-13-22)39-17-23-25(36)28(3,31-32-29)27(41-23)33-15-14-21(34)16-24(33)35/h4-15,18-19,23,25,27,36H,16-17H2,1-3H3,(H,30,38)/t18-,19+,23+,25+,27+,28+,43?/m0/s1. The van der Waals surface area contributed by atoms with Crippen LogP contribution in [0.3, 0.4) is 0 Å². The van der Waals surface area contributed by atoms with Crippen molar-refractivity contribution >= 4 is 25.4 Å². The molecule has 0 bridgehead atoms. The molecule has 4 rings (SSSR count). The number of esters is 1. The molecule has 0 spiro atoms. The molecule has 43 heavy (non-hydrogen) atoms. The number of para-hydroxylation sites is 1. The Morgan fingerprint density at radius 1 is 1.21 bits per heavy atom. The minimum absolute atomic E-state index is 0.162. The van der Waals surface area contributed by atoms with Gasteiger partial charge in [0.2, 0.25) is 5.91 Å². The van der Waals surface area contributed by atoms with Gasteiger partial charge in [0.05, 0.1) is 19.1 Å². The number of hydrogen-bond acceptors (Lipinski definition) is 10. The zero-order valence-corrected chi connectivity index (χ0v) is 24.6. The summed E-state index contributed by atoms with van der Waals surface area (Å²) in [5, 5.41) is 17.4. The van der Waals surface area contributed by atoms with E-state index in [0.29, 0.717) is 0 Å². The zero-order valence-electron chi connectivity index (χ0n) is 23.7. The highest BCUT2D eigenvalue weighted by Gasteiger charge is 2.56. The molecule has 1 saturated heterocycles. The number of nitrogens with zero attached hydrogens (tertiary/aromatic N) is 4. The van der Waals surface area contributed by atoms with E-state index in [1.54, 1.807) is 37.3 Å². The highest BCUT2D eigenvalue weighted by molar-refractivity contribution is 7.52. The number of carbonyl (C=O) groups excluding carboxylic acids is 3. The number of benzene rings is 2. The van der Waals surface area contributed by atoms with Gasteiger partial charge in [-0.3, -0.25) is 23.8 Å². The van der Waals surface area contributed by atoms with Crippen molar-refractivity contribution in [3.05, 3.63) is 88.9 Å². The first kappa shape index (κ1) is 31.9. The lowest BCUT2D eigenvalue weighted by atomic mass is 9.92. The minimum Gasteiger partial charge on any atom is -0.457 e. The van der Waals surface area contributed by atoms with Gasteiger partial charge < -0.3 is 19.1 Å². The predicted octanol–water partition coefficient (Wildman–Crippen LogP) is 3.94. The third-order valence-corrected chi connectivity index (χ3v) is 8.59. The van der Waals surface area contributed by atoms with Crippen molar-refractivity contribution in [2.75, 3.05) is 6.61 Å². The molecule has 1 amide bonds. The lowest BCUT2D eigenvalue weighted by molar-refractivity contribution is -0.150. The number of hydrogen-bond donors (Lipinski definition) is 2. The molecule has 1 fully saturated rings. The van der Waals surface area contributed by atoms with Crippen LogP contribution >= 0.6 is 7.75 Å². The molecule has 2 heterocycles. The predicted molar refractivity (Wildman–Crippen MR) is 152 cm³/mol. The summed E-state index contributed by atoms with van der Waals surface area (Å²) >= 11 is 0. The van der Waals surface area contributed by atoms with Gasteiger partial charge in [-0.05, 0) is 50.1 Å². The quantitative estimate of drug-likeness (QED) is 0.0885. The van der Waals surface area contributed by atoms with Crippen LogP contribution in [0.5, 0.6) is 5.75 Å². The van der Waals surface area contributed by atoms with Crippen molar-refractivity contribution in [1.29, 1.82) is 0 Å². The molecule has 7 atom stereocenters. The van der Waals surface area contributed by atoms with Crippen LogP contribution in [0.15, 0.2) is 78.1 Å². The van der Waals surface area contributed by atoms with E-state index in [4.69, 9.17) is 18.5 Å². The lowest BCUT2D eigenvalue weighted by Crippen LogP contribution is -2.52. The smallest absolute Gasteiger partial charge is 0.457 e. The molecule has 2 aromatic rings. The van der Waals surface area contributed by atoms with E-state index in [2.05, 4.69) is 15.1 Å². The molecule has 1 unspecified atom stereocenters. The van der Waals surface area contributed by atoms with Crippen LogP contribution < -0.4 is 9.61 Å². The first-order chi connectivity index (χ1) is 20.5. The summed E-state index contributed by atoms with van der Waals surface area (Å²) in [7, 11) is -4.36. The van der Waals surface area contributed by atoms with Gasteiger partial charge in [-0.1, -0.05) is 53.6 Å². The Hall–Kier alpha value is -4.03. The molecule has 14 nitrogen and oxygen atoms in total. The first-order valence-electron chi connectivity index (χ1n) is 13.4. The Labute approximate surface area is 247 Å². The fourth-order valence-corrected chi connectivity index (χ4v) is 6.08. The lowest BCUT2D eigenvalue weighted by Gasteiger charge is -2.35. The van der Waals surface area contributed by atoms with Gasteiger partial charge in [0.1, 0.15) is 29.5 Å². The normalized spacial score (nSPS) is 26.2. The van der Waals surface area contributed by atoms with E-state index in [-0.39, 0.29) is 5.75 Å². The molecule has 0 aromatic heterocycles. The number of amides is 1. The maximum Gasteiger partial charge on any atom is 0.459 e. The Kier molecular flexibility index (Phi) is 10.0. The van der Waals surface area contributed by atoms with Crippen molar-refractivity contribution in [2.24, 2.45) is 5.11 Å². The average molecular weight is 614 g/mol. The largest absolute Gasteiger partial charge is 0.459 e. The molecule has 228 valence electrons.